The Balaban J connectivity index is 1.96. The van der Waals surface area contributed by atoms with Gasteiger partial charge in [0.2, 0.25) is 0 Å². The van der Waals surface area contributed by atoms with E-state index in [9.17, 15) is 8.78 Å². The molecule has 1 saturated carbocycles. The van der Waals surface area contributed by atoms with Crippen molar-refractivity contribution in [2.24, 2.45) is 0 Å². The first-order chi connectivity index (χ1) is 10.0. The summed E-state index contributed by atoms with van der Waals surface area (Å²) in [7, 11) is 0. The normalized spacial score (nSPS) is 14.5. The number of rotatable bonds is 4. The van der Waals surface area contributed by atoms with Crippen LogP contribution in [0.15, 0.2) is 30.3 Å². The van der Waals surface area contributed by atoms with E-state index in [-0.39, 0.29) is 5.02 Å². The van der Waals surface area contributed by atoms with Crippen molar-refractivity contribution >= 4 is 11.6 Å². The van der Waals surface area contributed by atoms with Gasteiger partial charge >= 0.3 is 0 Å². The Morgan fingerprint density at radius 1 is 1.10 bits per heavy atom. The van der Waals surface area contributed by atoms with E-state index in [0.29, 0.717) is 11.6 Å². The molecule has 1 N–H and O–H groups in total. The summed E-state index contributed by atoms with van der Waals surface area (Å²) in [5, 5.41) is 3.67. The molecule has 3 rings (SSSR count). The molecule has 0 bridgehead atoms. The lowest BCUT2D eigenvalue weighted by Crippen LogP contribution is -2.15. The lowest BCUT2D eigenvalue weighted by atomic mass is 9.97. The highest BCUT2D eigenvalue weighted by Crippen LogP contribution is 2.33. The fourth-order valence-electron chi connectivity index (χ4n) is 2.35. The molecule has 1 aliphatic carbocycles. The van der Waals surface area contributed by atoms with Gasteiger partial charge in [0.25, 0.3) is 0 Å². The molecule has 0 saturated heterocycles. The second-order valence-corrected chi connectivity index (χ2v) is 5.96. The monoisotopic (exact) mass is 307 g/mol. The predicted molar refractivity (Wildman–Crippen MR) is 81.4 cm³/mol. The largest absolute Gasteiger partial charge is 0.310 e. The second-order valence-electron chi connectivity index (χ2n) is 5.55. The molecule has 1 fully saturated rings. The molecule has 1 aliphatic rings. The first kappa shape index (κ1) is 14.5. The van der Waals surface area contributed by atoms with E-state index in [4.69, 9.17) is 11.6 Å². The van der Waals surface area contributed by atoms with Crippen molar-refractivity contribution in [3.63, 3.8) is 0 Å². The van der Waals surface area contributed by atoms with Gasteiger partial charge in [-0.15, -0.1) is 0 Å². The van der Waals surface area contributed by atoms with Gasteiger partial charge in [0.15, 0.2) is 11.6 Å². The molecule has 0 spiro atoms. The maximum atomic E-state index is 13.5. The number of halogens is 3. The van der Waals surface area contributed by atoms with E-state index >= 15 is 0 Å². The van der Waals surface area contributed by atoms with Gasteiger partial charge in [-0.25, -0.2) is 8.78 Å². The first-order valence-electron chi connectivity index (χ1n) is 7.02. The van der Waals surface area contributed by atoms with E-state index < -0.39 is 11.6 Å². The highest BCUT2D eigenvalue weighted by molar-refractivity contribution is 6.33. The summed E-state index contributed by atoms with van der Waals surface area (Å²) in [6.45, 7) is 2.71. The van der Waals surface area contributed by atoms with Gasteiger partial charge in [0.05, 0.1) is 5.02 Å². The molecular weight excluding hydrogens is 292 g/mol. The highest BCUT2D eigenvalue weighted by atomic mass is 35.5. The van der Waals surface area contributed by atoms with Crippen LogP contribution in [-0.4, -0.2) is 6.04 Å². The fourth-order valence-corrected chi connectivity index (χ4v) is 2.60. The number of aryl methyl sites for hydroxylation is 1. The molecule has 2 aromatic carbocycles. The summed E-state index contributed by atoms with van der Waals surface area (Å²) in [6, 6.07) is 8.84. The zero-order chi connectivity index (χ0) is 15.0. The minimum atomic E-state index is -0.923. The van der Waals surface area contributed by atoms with Crippen LogP contribution in [0, 0.1) is 18.6 Å². The minimum absolute atomic E-state index is 0.226. The highest BCUT2D eigenvalue weighted by Gasteiger charge is 2.20. The van der Waals surface area contributed by atoms with Gasteiger partial charge in [0, 0.05) is 18.2 Å². The lowest BCUT2D eigenvalue weighted by Gasteiger charge is -2.12. The van der Waals surface area contributed by atoms with Gasteiger partial charge in [-0.05, 0) is 54.7 Å². The summed E-state index contributed by atoms with van der Waals surface area (Å²) in [5.74, 6) is -1.80. The maximum Gasteiger partial charge on any atom is 0.160 e. The van der Waals surface area contributed by atoms with E-state index in [1.165, 1.54) is 12.8 Å². The SMILES string of the molecule is Cc1ccc(CNC2CC2)cc1-c1cc(F)c(F)cc1Cl. The molecule has 4 heteroatoms. The Kier molecular flexibility index (Phi) is 3.96. The van der Waals surface area contributed by atoms with Crippen LogP contribution in [0.2, 0.25) is 5.02 Å². The van der Waals surface area contributed by atoms with Gasteiger partial charge < -0.3 is 5.32 Å². The van der Waals surface area contributed by atoms with Crippen molar-refractivity contribution in [2.45, 2.75) is 32.4 Å². The molecule has 2 aromatic rings. The molecule has 1 nitrogen and oxygen atoms in total. The van der Waals surface area contributed by atoms with Gasteiger partial charge in [-0.3, -0.25) is 0 Å². The minimum Gasteiger partial charge on any atom is -0.310 e. The van der Waals surface area contributed by atoms with E-state index in [0.717, 1.165) is 35.4 Å². The van der Waals surface area contributed by atoms with Gasteiger partial charge in [0.1, 0.15) is 0 Å². The summed E-state index contributed by atoms with van der Waals surface area (Å²) < 4.78 is 26.7. The molecule has 0 aromatic heterocycles. The van der Waals surface area contributed by atoms with Gasteiger partial charge in [-0.2, -0.15) is 0 Å². The Bertz CT molecular complexity index is 681. The van der Waals surface area contributed by atoms with Crippen molar-refractivity contribution in [3.05, 3.63) is 58.1 Å². The molecule has 110 valence electrons. The third kappa shape index (κ3) is 3.25. The van der Waals surface area contributed by atoms with Crippen LogP contribution in [-0.2, 0) is 6.54 Å². The molecule has 0 aliphatic heterocycles. The van der Waals surface area contributed by atoms with Gasteiger partial charge in [-0.1, -0.05) is 23.7 Å². The molecule has 0 atom stereocenters. The third-order valence-electron chi connectivity index (χ3n) is 3.77. The number of hydrogen-bond acceptors (Lipinski definition) is 1. The standard InChI is InChI=1S/C17H16ClF2N/c1-10-2-3-11(9-21-12-4-5-12)6-13(10)14-7-16(19)17(20)8-15(14)18/h2-3,6-8,12,21H,4-5,9H2,1H3. The number of hydrogen-bond donors (Lipinski definition) is 1. The maximum absolute atomic E-state index is 13.5. The van der Waals surface area contributed by atoms with Crippen molar-refractivity contribution in [1.82, 2.24) is 5.32 Å². The van der Waals surface area contributed by atoms with Crippen LogP contribution in [0.25, 0.3) is 11.1 Å². The van der Waals surface area contributed by atoms with Crippen LogP contribution in [0.1, 0.15) is 24.0 Å². The Morgan fingerprint density at radius 3 is 2.52 bits per heavy atom. The van der Waals surface area contributed by atoms with Crippen LogP contribution >= 0.6 is 11.6 Å². The zero-order valence-corrected chi connectivity index (χ0v) is 12.5. The molecule has 0 heterocycles. The summed E-state index contributed by atoms with van der Waals surface area (Å²) in [5.41, 5.74) is 3.47. The zero-order valence-electron chi connectivity index (χ0n) is 11.7. The lowest BCUT2D eigenvalue weighted by molar-refractivity contribution is 0.509. The Labute approximate surface area is 127 Å². The van der Waals surface area contributed by atoms with E-state index in [1.807, 2.05) is 25.1 Å². The number of benzene rings is 2. The average Bonchev–Trinajstić information content (AvgIpc) is 3.26. The smallest absolute Gasteiger partial charge is 0.160 e. The van der Waals surface area contributed by atoms with Crippen LogP contribution in [0.4, 0.5) is 8.78 Å². The van der Waals surface area contributed by atoms with Crippen LogP contribution < -0.4 is 5.32 Å². The third-order valence-corrected chi connectivity index (χ3v) is 4.09. The molecule has 21 heavy (non-hydrogen) atoms. The topological polar surface area (TPSA) is 12.0 Å². The fraction of sp³-hybridized carbons (Fsp3) is 0.294. The predicted octanol–water partition coefficient (Wildman–Crippen LogP) is 4.85. The number of nitrogens with one attached hydrogen (secondary N) is 1. The average molecular weight is 308 g/mol. The summed E-state index contributed by atoms with van der Waals surface area (Å²) >= 11 is 6.08. The quantitative estimate of drug-likeness (QED) is 0.797. The van der Waals surface area contributed by atoms with E-state index in [2.05, 4.69) is 5.32 Å². The second kappa shape index (κ2) is 5.74. The Morgan fingerprint density at radius 2 is 1.81 bits per heavy atom. The Hall–Kier alpha value is -1.45. The molecule has 0 amide bonds. The first-order valence-corrected chi connectivity index (χ1v) is 7.40. The van der Waals surface area contributed by atoms with Crippen molar-refractivity contribution < 1.29 is 8.78 Å². The summed E-state index contributed by atoms with van der Waals surface area (Å²) in [6.07, 6.45) is 2.46. The molecule has 0 unspecified atom stereocenters. The van der Waals surface area contributed by atoms with Crippen molar-refractivity contribution in [3.8, 4) is 11.1 Å². The van der Waals surface area contributed by atoms with Crippen LogP contribution in [0.3, 0.4) is 0 Å². The summed E-state index contributed by atoms with van der Waals surface area (Å²) in [4.78, 5) is 0. The molecule has 0 radical (unpaired) electrons. The van der Waals surface area contributed by atoms with Crippen molar-refractivity contribution in [1.29, 1.82) is 0 Å². The van der Waals surface area contributed by atoms with Crippen LogP contribution in [0.5, 0.6) is 0 Å². The van der Waals surface area contributed by atoms with E-state index in [1.54, 1.807) is 0 Å². The van der Waals surface area contributed by atoms with Crippen molar-refractivity contribution in [2.75, 3.05) is 0 Å². The molecular formula is C17H16ClF2N.